The Balaban J connectivity index is 1.67. The van der Waals surface area contributed by atoms with E-state index >= 15 is 0 Å². The van der Waals surface area contributed by atoms with Crippen LogP contribution in [-0.2, 0) is 0 Å². The molecule has 128 valence electrons. The Bertz CT molecular complexity index is 706. The van der Waals surface area contributed by atoms with E-state index in [0.717, 1.165) is 24.3 Å². The van der Waals surface area contributed by atoms with Crippen LogP contribution in [0.25, 0.3) is 0 Å². The highest BCUT2D eigenvalue weighted by Gasteiger charge is 2.36. The molecule has 0 radical (unpaired) electrons. The first kappa shape index (κ1) is 16.9. The number of hydrogen-bond donors (Lipinski definition) is 1. The quantitative estimate of drug-likeness (QED) is 0.916. The maximum Gasteiger partial charge on any atom is 0.263 e. The molecule has 0 bridgehead atoms. The second-order valence-electron chi connectivity index (χ2n) is 6.46. The number of aryl methyl sites for hydroxylation is 1. The van der Waals surface area contributed by atoms with Gasteiger partial charge in [0.2, 0.25) is 0 Å². The van der Waals surface area contributed by atoms with Gasteiger partial charge in [0.15, 0.2) is 0 Å². The van der Waals surface area contributed by atoms with E-state index in [4.69, 9.17) is 0 Å². The standard InChI is InChI=1S/C17H22N4O2S/c1-13-8-14(24-10-13)16(22)20(2)11-17(23)4-3-7-21(12-17)15-9-18-5-6-19-15/h5-6,8-10,23H,3-4,7,11-12H2,1-2H3. The molecule has 0 aromatic carbocycles. The minimum absolute atomic E-state index is 0.0434. The molecule has 1 amide bonds. The highest BCUT2D eigenvalue weighted by atomic mass is 32.1. The van der Waals surface area contributed by atoms with Crippen molar-refractivity contribution in [3.63, 3.8) is 0 Å². The average molecular weight is 346 g/mol. The summed E-state index contributed by atoms with van der Waals surface area (Å²) in [6, 6.07) is 1.89. The zero-order chi connectivity index (χ0) is 17.2. The third-order valence-corrected chi connectivity index (χ3v) is 5.28. The fourth-order valence-electron chi connectivity index (χ4n) is 3.14. The Kier molecular flexibility index (Phi) is 4.82. The zero-order valence-electron chi connectivity index (χ0n) is 14.0. The molecule has 2 aromatic rings. The first-order valence-electron chi connectivity index (χ1n) is 8.01. The Hall–Kier alpha value is -1.99. The summed E-state index contributed by atoms with van der Waals surface area (Å²) in [5, 5.41) is 13.0. The third kappa shape index (κ3) is 3.73. The third-order valence-electron chi connectivity index (χ3n) is 4.25. The Morgan fingerprint density at radius 1 is 1.50 bits per heavy atom. The Morgan fingerprint density at radius 2 is 2.33 bits per heavy atom. The topological polar surface area (TPSA) is 69.6 Å². The van der Waals surface area contributed by atoms with Crippen molar-refractivity contribution in [3.8, 4) is 0 Å². The van der Waals surface area contributed by atoms with E-state index in [-0.39, 0.29) is 5.91 Å². The number of aliphatic hydroxyl groups is 1. The molecule has 1 aliphatic rings. The summed E-state index contributed by atoms with van der Waals surface area (Å²) in [5.74, 6) is 0.719. The van der Waals surface area contributed by atoms with Crippen molar-refractivity contribution < 1.29 is 9.90 Å². The van der Waals surface area contributed by atoms with Crippen molar-refractivity contribution in [2.75, 3.05) is 31.6 Å². The lowest BCUT2D eigenvalue weighted by Crippen LogP contribution is -2.54. The second kappa shape index (κ2) is 6.86. The molecule has 24 heavy (non-hydrogen) atoms. The summed E-state index contributed by atoms with van der Waals surface area (Å²) in [6.07, 6.45) is 6.51. The molecule has 2 aromatic heterocycles. The Labute approximate surface area is 145 Å². The molecule has 1 aliphatic heterocycles. The van der Waals surface area contributed by atoms with E-state index in [1.54, 1.807) is 30.5 Å². The van der Waals surface area contributed by atoms with Crippen molar-refractivity contribution in [1.82, 2.24) is 14.9 Å². The van der Waals surface area contributed by atoms with Crippen molar-refractivity contribution in [3.05, 3.63) is 40.5 Å². The smallest absolute Gasteiger partial charge is 0.263 e. The van der Waals surface area contributed by atoms with Gasteiger partial charge in [-0.3, -0.25) is 9.78 Å². The van der Waals surface area contributed by atoms with Gasteiger partial charge in [0.25, 0.3) is 5.91 Å². The molecule has 6 nitrogen and oxygen atoms in total. The van der Waals surface area contributed by atoms with Gasteiger partial charge in [0, 0.05) is 32.5 Å². The fraction of sp³-hybridized carbons (Fsp3) is 0.471. The number of rotatable bonds is 4. The van der Waals surface area contributed by atoms with Crippen LogP contribution in [0.4, 0.5) is 5.82 Å². The fourth-order valence-corrected chi connectivity index (χ4v) is 4.03. The van der Waals surface area contributed by atoms with Crippen LogP contribution in [0, 0.1) is 6.92 Å². The van der Waals surface area contributed by atoms with Gasteiger partial charge in [0.05, 0.1) is 23.2 Å². The van der Waals surface area contributed by atoms with Gasteiger partial charge in [-0.25, -0.2) is 4.98 Å². The summed E-state index contributed by atoms with van der Waals surface area (Å²) < 4.78 is 0. The van der Waals surface area contributed by atoms with Crippen LogP contribution < -0.4 is 4.90 Å². The highest BCUT2D eigenvalue weighted by Crippen LogP contribution is 2.26. The minimum atomic E-state index is -0.938. The molecule has 1 fully saturated rings. The van der Waals surface area contributed by atoms with E-state index in [1.165, 1.54) is 11.3 Å². The largest absolute Gasteiger partial charge is 0.386 e. The predicted octanol–water partition coefficient (Wildman–Crippen LogP) is 1.95. The second-order valence-corrected chi connectivity index (χ2v) is 7.37. The molecule has 1 unspecified atom stereocenters. The molecule has 1 N–H and O–H groups in total. The summed E-state index contributed by atoms with van der Waals surface area (Å²) in [6.45, 7) is 3.57. The van der Waals surface area contributed by atoms with Gasteiger partial charge < -0.3 is 14.9 Å². The molecule has 3 heterocycles. The molecular formula is C17H22N4O2S. The van der Waals surface area contributed by atoms with Gasteiger partial charge >= 0.3 is 0 Å². The first-order chi connectivity index (χ1) is 11.5. The maximum absolute atomic E-state index is 12.5. The normalized spacial score (nSPS) is 20.9. The average Bonchev–Trinajstić information content (AvgIpc) is 3.01. The lowest BCUT2D eigenvalue weighted by molar-refractivity contribution is -0.0000220. The molecule has 0 saturated carbocycles. The number of carbonyl (C=O) groups is 1. The first-order valence-corrected chi connectivity index (χ1v) is 8.89. The Morgan fingerprint density at radius 3 is 3.00 bits per heavy atom. The number of likely N-dealkylation sites (N-methyl/N-ethyl adjacent to an activating group) is 1. The molecule has 7 heteroatoms. The molecule has 1 saturated heterocycles. The van der Waals surface area contributed by atoms with Crippen LogP contribution in [0.15, 0.2) is 30.0 Å². The number of carbonyl (C=O) groups excluding carboxylic acids is 1. The predicted molar refractivity (Wildman–Crippen MR) is 94.4 cm³/mol. The van der Waals surface area contributed by atoms with Gasteiger partial charge in [-0.1, -0.05) is 0 Å². The maximum atomic E-state index is 12.5. The van der Waals surface area contributed by atoms with E-state index in [9.17, 15) is 9.90 Å². The van der Waals surface area contributed by atoms with E-state index in [1.807, 2.05) is 23.3 Å². The summed E-state index contributed by atoms with van der Waals surface area (Å²) in [7, 11) is 1.75. The highest BCUT2D eigenvalue weighted by molar-refractivity contribution is 7.12. The molecule has 0 aliphatic carbocycles. The zero-order valence-corrected chi connectivity index (χ0v) is 14.8. The molecule has 0 spiro atoms. The van der Waals surface area contributed by atoms with Crippen molar-refractivity contribution >= 4 is 23.1 Å². The lowest BCUT2D eigenvalue weighted by Gasteiger charge is -2.41. The molecule has 3 rings (SSSR count). The summed E-state index contributed by atoms with van der Waals surface area (Å²) in [5.41, 5.74) is 0.147. The van der Waals surface area contributed by atoms with Crippen LogP contribution >= 0.6 is 11.3 Å². The summed E-state index contributed by atoms with van der Waals surface area (Å²) in [4.78, 5) is 25.3. The number of β-amino-alcohol motifs (C(OH)–C–C–N with tert-alkyl or cyclic N) is 1. The van der Waals surface area contributed by atoms with Gasteiger partial charge in [0.1, 0.15) is 5.82 Å². The number of anilines is 1. The summed E-state index contributed by atoms with van der Waals surface area (Å²) >= 11 is 1.44. The van der Waals surface area contributed by atoms with Gasteiger partial charge in [-0.15, -0.1) is 11.3 Å². The number of aromatic nitrogens is 2. The van der Waals surface area contributed by atoms with Crippen LogP contribution in [0.3, 0.4) is 0 Å². The molecule has 1 atom stereocenters. The van der Waals surface area contributed by atoms with Crippen LogP contribution in [-0.4, -0.2) is 58.2 Å². The van der Waals surface area contributed by atoms with Gasteiger partial charge in [-0.05, 0) is 36.8 Å². The van der Waals surface area contributed by atoms with Crippen LogP contribution in [0.2, 0.25) is 0 Å². The number of hydrogen-bond acceptors (Lipinski definition) is 6. The van der Waals surface area contributed by atoms with Crippen LogP contribution in [0.5, 0.6) is 0 Å². The van der Waals surface area contributed by atoms with E-state index in [2.05, 4.69) is 9.97 Å². The van der Waals surface area contributed by atoms with Crippen molar-refractivity contribution in [1.29, 1.82) is 0 Å². The molecular weight excluding hydrogens is 324 g/mol. The van der Waals surface area contributed by atoms with E-state index in [0.29, 0.717) is 24.4 Å². The minimum Gasteiger partial charge on any atom is -0.386 e. The number of amides is 1. The van der Waals surface area contributed by atoms with Crippen molar-refractivity contribution in [2.45, 2.75) is 25.4 Å². The number of piperidine rings is 1. The number of nitrogens with zero attached hydrogens (tertiary/aromatic N) is 4. The lowest BCUT2D eigenvalue weighted by atomic mass is 9.92. The van der Waals surface area contributed by atoms with Crippen LogP contribution in [0.1, 0.15) is 28.1 Å². The van der Waals surface area contributed by atoms with E-state index < -0.39 is 5.60 Å². The number of thiophene rings is 1. The van der Waals surface area contributed by atoms with Crippen molar-refractivity contribution in [2.24, 2.45) is 0 Å². The SMILES string of the molecule is Cc1csc(C(=O)N(C)CC2(O)CCCN(c3cnccn3)C2)c1. The monoisotopic (exact) mass is 346 g/mol. The van der Waals surface area contributed by atoms with Gasteiger partial charge in [-0.2, -0.15) is 0 Å².